The minimum atomic E-state index is -0.465. The number of hydrogen-bond acceptors (Lipinski definition) is 8. The fraction of sp³-hybridized carbons (Fsp3) is 0.190. The molecule has 1 amide bonds. The molecule has 2 aromatic heterocycles. The van der Waals surface area contributed by atoms with E-state index in [2.05, 4.69) is 31.8 Å². The van der Waals surface area contributed by atoms with Gasteiger partial charge in [-0.05, 0) is 50.8 Å². The van der Waals surface area contributed by atoms with Crippen LogP contribution < -0.4 is 15.6 Å². The molecule has 31 heavy (non-hydrogen) atoms. The lowest BCUT2D eigenvalue weighted by Crippen LogP contribution is -2.28. The van der Waals surface area contributed by atoms with Gasteiger partial charge in [-0.25, -0.2) is 9.98 Å². The molecule has 3 heterocycles. The molecule has 0 aromatic carbocycles. The van der Waals surface area contributed by atoms with Gasteiger partial charge in [-0.2, -0.15) is 0 Å². The number of carbonyl (C=O) groups excluding carboxylic acids is 1. The third-order valence-electron chi connectivity index (χ3n) is 4.22. The topological polar surface area (TPSA) is 129 Å². The molecular weight excluding hydrogens is 418 g/mol. The van der Waals surface area contributed by atoms with E-state index < -0.39 is 5.91 Å². The molecule has 10 heteroatoms. The number of H-pyrrole nitrogens is 1. The second kappa shape index (κ2) is 9.00. The average Bonchev–Trinajstić information content (AvgIpc) is 3.09. The van der Waals surface area contributed by atoms with E-state index in [1.807, 2.05) is 13.8 Å². The number of nitrogens with one attached hydrogen (secondary N) is 2. The van der Waals surface area contributed by atoms with Crippen LogP contribution in [-0.2, 0) is 0 Å². The summed E-state index contributed by atoms with van der Waals surface area (Å²) in [4.78, 5) is 40.2. The highest BCUT2D eigenvalue weighted by Crippen LogP contribution is 2.32. The summed E-state index contributed by atoms with van der Waals surface area (Å²) in [5, 5.41) is 12.9. The number of aliphatic imine (C=N–C) groups is 2. The first-order valence-corrected chi connectivity index (χ1v) is 9.97. The number of aromatic amines is 1. The van der Waals surface area contributed by atoms with Gasteiger partial charge in [0, 0.05) is 35.3 Å². The lowest BCUT2D eigenvalue weighted by molar-refractivity contribution is 0.0978. The fourth-order valence-corrected chi connectivity index (χ4v) is 3.81. The largest absolute Gasteiger partial charge is 0.495 e. The zero-order valence-corrected chi connectivity index (χ0v) is 18.3. The lowest BCUT2D eigenvalue weighted by Gasteiger charge is -2.13. The monoisotopic (exact) mass is 439 g/mol. The van der Waals surface area contributed by atoms with Gasteiger partial charge in [-0.3, -0.25) is 14.6 Å². The number of aromatic nitrogens is 2. The molecule has 1 aliphatic rings. The summed E-state index contributed by atoms with van der Waals surface area (Å²) in [7, 11) is 1.48. The van der Waals surface area contributed by atoms with Gasteiger partial charge < -0.3 is 20.1 Å². The van der Waals surface area contributed by atoms with Crippen LogP contribution >= 0.6 is 11.8 Å². The highest BCUT2D eigenvalue weighted by atomic mass is 32.2. The molecule has 0 saturated heterocycles. The van der Waals surface area contributed by atoms with Crippen LogP contribution in [0, 0.1) is 6.92 Å². The van der Waals surface area contributed by atoms with Gasteiger partial charge in [-0.15, -0.1) is 0 Å². The zero-order valence-electron chi connectivity index (χ0n) is 17.4. The molecule has 0 atom stereocenters. The average molecular weight is 439 g/mol. The standard InChI is InChI=1S/C21H21N5O4S/c1-10(2)18-20(24-12(4)27)31-21(25-18)26-19(29)15-8-22-11(3)6-13(15)14-7-17(28)23-9-16(14)30-5/h6-9,27H,4H2,1-3,5H3,(H,23,28)(H,25,26,29)/b24-20+. The van der Waals surface area contributed by atoms with Crippen LogP contribution in [0.1, 0.15) is 29.9 Å². The van der Waals surface area contributed by atoms with Gasteiger partial charge >= 0.3 is 0 Å². The minimum Gasteiger partial charge on any atom is -0.495 e. The summed E-state index contributed by atoms with van der Waals surface area (Å²) < 4.78 is 5.35. The van der Waals surface area contributed by atoms with Gasteiger partial charge in [0.15, 0.2) is 5.17 Å². The van der Waals surface area contributed by atoms with E-state index >= 15 is 0 Å². The first-order valence-electron chi connectivity index (χ1n) is 9.15. The molecule has 0 unspecified atom stereocenters. The van der Waals surface area contributed by atoms with Crippen molar-refractivity contribution in [2.75, 3.05) is 7.11 Å². The number of allylic oxidation sites excluding steroid dienone is 1. The number of carbonyl (C=O) groups is 1. The Hall–Kier alpha value is -3.66. The molecule has 0 saturated carbocycles. The Kier molecular flexibility index (Phi) is 6.40. The van der Waals surface area contributed by atoms with Gasteiger partial charge in [0.25, 0.3) is 5.91 Å². The van der Waals surface area contributed by atoms with Crippen molar-refractivity contribution in [3.8, 4) is 16.9 Å². The van der Waals surface area contributed by atoms with Crippen molar-refractivity contribution >= 4 is 27.9 Å². The maximum absolute atomic E-state index is 13.1. The molecule has 3 rings (SSSR count). The number of hydrogen-bond donors (Lipinski definition) is 3. The van der Waals surface area contributed by atoms with Crippen LogP contribution in [0.4, 0.5) is 0 Å². The Morgan fingerprint density at radius 2 is 2.06 bits per heavy atom. The zero-order chi connectivity index (χ0) is 22.7. The first-order chi connectivity index (χ1) is 14.7. The molecule has 160 valence electrons. The predicted molar refractivity (Wildman–Crippen MR) is 122 cm³/mol. The van der Waals surface area contributed by atoms with Crippen LogP contribution in [0.5, 0.6) is 5.75 Å². The molecule has 3 N–H and O–H groups in total. The number of pyridine rings is 2. The molecule has 0 bridgehead atoms. The highest BCUT2D eigenvalue weighted by Gasteiger charge is 2.25. The lowest BCUT2D eigenvalue weighted by atomic mass is 10.0. The van der Waals surface area contributed by atoms with Gasteiger partial charge in [0.1, 0.15) is 10.8 Å². The molecule has 1 aliphatic heterocycles. The normalized spacial score (nSPS) is 14.4. The van der Waals surface area contributed by atoms with Crippen LogP contribution in [0.2, 0.25) is 0 Å². The number of aryl methyl sites for hydroxylation is 1. The SMILES string of the molecule is C=C(O)/N=C1/SC(NC(=O)c2cnc(C)cc2-c2cc(=O)[nH]cc2OC)=NC1=C(C)C. The van der Waals surface area contributed by atoms with Crippen LogP contribution in [0.25, 0.3) is 11.1 Å². The van der Waals surface area contributed by atoms with Crippen molar-refractivity contribution in [2.45, 2.75) is 20.8 Å². The molecular formula is C21H21N5O4S. The summed E-state index contributed by atoms with van der Waals surface area (Å²) in [6, 6.07) is 3.07. The Morgan fingerprint density at radius 3 is 2.71 bits per heavy atom. The van der Waals surface area contributed by atoms with E-state index in [9.17, 15) is 14.7 Å². The molecule has 9 nitrogen and oxygen atoms in total. The van der Waals surface area contributed by atoms with Crippen molar-refractivity contribution in [2.24, 2.45) is 9.98 Å². The van der Waals surface area contributed by atoms with E-state index in [-0.39, 0.29) is 17.0 Å². The van der Waals surface area contributed by atoms with E-state index in [4.69, 9.17) is 4.74 Å². The number of rotatable bonds is 4. The minimum absolute atomic E-state index is 0.244. The summed E-state index contributed by atoms with van der Waals surface area (Å²) in [6.07, 6.45) is 2.88. The van der Waals surface area contributed by atoms with E-state index in [0.29, 0.717) is 38.5 Å². The van der Waals surface area contributed by atoms with Crippen LogP contribution in [0.3, 0.4) is 0 Å². The van der Waals surface area contributed by atoms with Crippen molar-refractivity contribution in [3.05, 3.63) is 69.9 Å². The Morgan fingerprint density at radius 1 is 1.32 bits per heavy atom. The quantitative estimate of drug-likeness (QED) is 0.627. The maximum Gasteiger partial charge on any atom is 0.259 e. The summed E-state index contributed by atoms with van der Waals surface area (Å²) >= 11 is 1.10. The molecule has 0 aliphatic carbocycles. The van der Waals surface area contributed by atoms with E-state index in [1.165, 1.54) is 25.6 Å². The summed E-state index contributed by atoms with van der Waals surface area (Å²) in [5.74, 6) is -0.404. The van der Waals surface area contributed by atoms with E-state index in [1.54, 1.807) is 13.0 Å². The highest BCUT2D eigenvalue weighted by molar-refractivity contribution is 8.27. The van der Waals surface area contributed by atoms with Crippen LogP contribution in [-0.4, -0.2) is 38.3 Å². The number of methoxy groups -OCH3 is 1. The van der Waals surface area contributed by atoms with Gasteiger partial charge in [-0.1, -0.05) is 0 Å². The third-order valence-corrected chi connectivity index (χ3v) is 5.08. The van der Waals surface area contributed by atoms with Crippen molar-refractivity contribution in [1.29, 1.82) is 0 Å². The fourth-order valence-electron chi connectivity index (χ4n) is 2.85. The number of aliphatic hydroxyl groups is 1. The molecule has 0 spiro atoms. The Balaban J connectivity index is 2.01. The summed E-state index contributed by atoms with van der Waals surface area (Å²) in [6.45, 7) is 8.85. The molecule has 0 radical (unpaired) electrons. The number of thioether (sulfide) groups is 1. The number of amidine groups is 1. The second-order valence-corrected chi connectivity index (χ2v) is 7.78. The smallest absolute Gasteiger partial charge is 0.259 e. The predicted octanol–water partition coefficient (Wildman–Crippen LogP) is 3.31. The molecule has 2 aromatic rings. The number of ether oxygens (including phenoxy) is 1. The number of aliphatic hydroxyl groups excluding tert-OH is 1. The third kappa shape index (κ3) is 4.92. The van der Waals surface area contributed by atoms with Gasteiger partial charge in [0.2, 0.25) is 11.4 Å². The van der Waals surface area contributed by atoms with E-state index in [0.717, 1.165) is 17.3 Å². The second-order valence-electron chi connectivity index (χ2n) is 6.81. The Labute approximate surface area is 182 Å². The summed E-state index contributed by atoms with van der Waals surface area (Å²) in [5.41, 5.74) is 2.96. The Bertz CT molecular complexity index is 1220. The first kappa shape index (κ1) is 22.0. The van der Waals surface area contributed by atoms with Crippen molar-refractivity contribution in [3.63, 3.8) is 0 Å². The maximum atomic E-state index is 13.1. The molecule has 0 fully saturated rings. The van der Waals surface area contributed by atoms with Crippen molar-refractivity contribution < 1.29 is 14.6 Å². The van der Waals surface area contributed by atoms with Gasteiger partial charge in [0.05, 0.1) is 18.4 Å². The van der Waals surface area contributed by atoms with Crippen molar-refractivity contribution in [1.82, 2.24) is 15.3 Å². The number of amides is 1. The van der Waals surface area contributed by atoms with Crippen LogP contribution in [0.15, 0.2) is 63.0 Å². The number of nitrogens with zero attached hydrogens (tertiary/aromatic N) is 3.